The summed E-state index contributed by atoms with van der Waals surface area (Å²) in [7, 11) is 0. The van der Waals surface area contributed by atoms with Gasteiger partial charge in [0.1, 0.15) is 5.75 Å². The molecule has 2 aromatic carbocycles. The van der Waals surface area contributed by atoms with Gasteiger partial charge < -0.3 is 20.5 Å². The fourth-order valence-corrected chi connectivity index (χ4v) is 2.77. The van der Waals surface area contributed by atoms with E-state index >= 15 is 0 Å². The lowest BCUT2D eigenvalue weighted by atomic mass is 10.0. The fourth-order valence-electron chi connectivity index (χ4n) is 2.77. The highest BCUT2D eigenvalue weighted by molar-refractivity contribution is 5.90. The summed E-state index contributed by atoms with van der Waals surface area (Å²) in [5.74, 6) is 0.960. The first-order chi connectivity index (χ1) is 11.7. The molecule has 1 aliphatic rings. The van der Waals surface area contributed by atoms with Gasteiger partial charge in [0.2, 0.25) is 0 Å². The summed E-state index contributed by atoms with van der Waals surface area (Å²) in [6.45, 7) is 2.59. The molecule has 5 nitrogen and oxygen atoms in total. The summed E-state index contributed by atoms with van der Waals surface area (Å²) < 4.78 is 5.54. The van der Waals surface area contributed by atoms with Crippen LogP contribution in [-0.2, 0) is 6.42 Å². The molecular formula is C19H22N2O3. The van der Waals surface area contributed by atoms with Crippen molar-refractivity contribution in [3.05, 3.63) is 48.0 Å². The molecule has 3 rings (SSSR count). The Balaban J connectivity index is 1.73. The van der Waals surface area contributed by atoms with E-state index in [0.29, 0.717) is 6.42 Å². The van der Waals surface area contributed by atoms with E-state index in [9.17, 15) is 4.79 Å². The van der Waals surface area contributed by atoms with Crippen molar-refractivity contribution in [1.29, 1.82) is 0 Å². The molecule has 0 fully saturated rings. The minimum absolute atomic E-state index is 0.0683. The SMILES string of the molecule is CCC(CO)NC(=O)Nc1cccc(-c2ccc3c(c2)CCO3)c1. The minimum atomic E-state index is -0.310. The number of rotatable bonds is 5. The molecule has 0 aromatic heterocycles. The van der Waals surface area contributed by atoms with E-state index in [1.807, 2.05) is 43.3 Å². The largest absolute Gasteiger partial charge is 0.493 e. The van der Waals surface area contributed by atoms with Gasteiger partial charge in [-0.15, -0.1) is 0 Å². The van der Waals surface area contributed by atoms with Gasteiger partial charge in [-0.2, -0.15) is 0 Å². The second-order valence-corrected chi connectivity index (χ2v) is 5.89. The molecular weight excluding hydrogens is 304 g/mol. The fraction of sp³-hybridized carbons (Fsp3) is 0.316. The van der Waals surface area contributed by atoms with E-state index < -0.39 is 0 Å². The molecule has 0 saturated carbocycles. The molecule has 126 valence electrons. The predicted molar refractivity (Wildman–Crippen MR) is 94.4 cm³/mol. The van der Waals surface area contributed by atoms with Crippen molar-refractivity contribution < 1.29 is 14.6 Å². The lowest BCUT2D eigenvalue weighted by Crippen LogP contribution is -2.39. The second kappa shape index (κ2) is 7.36. The van der Waals surface area contributed by atoms with E-state index in [-0.39, 0.29) is 18.7 Å². The van der Waals surface area contributed by atoms with Crippen LogP contribution in [0.25, 0.3) is 11.1 Å². The predicted octanol–water partition coefficient (Wildman–Crippen LogP) is 3.18. The van der Waals surface area contributed by atoms with E-state index in [1.54, 1.807) is 0 Å². The Bertz CT molecular complexity index is 726. The Hall–Kier alpha value is -2.53. The summed E-state index contributed by atoms with van der Waals surface area (Å²) in [5, 5.41) is 14.7. The number of hydrogen-bond donors (Lipinski definition) is 3. The zero-order valence-corrected chi connectivity index (χ0v) is 13.7. The average molecular weight is 326 g/mol. The Morgan fingerprint density at radius 3 is 2.88 bits per heavy atom. The van der Waals surface area contributed by atoms with Crippen LogP contribution in [0, 0.1) is 0 Å². The molecule has 5 heteroatoms. The van der Waals surface area contributed by atoms with Crippen LogP contribution in [-0.4, -0.2) is 30.4 Å². The van der Waals surface area contributed by atoms with Crippen LogP contribution < -0.4 is 15.4 Å². The lowest BCUT2D eigenvalue weighted by Gasteiger charge is -2.15. The zero-order chi connectivity index (χ0) is 16.9. The zero-order valence-electron chi connectivity index (χ0n) is 13.7. The molecule has 0 radical (unpaired) electrons. The summed E-state index contributed by atoms with van der Waals surface area (Å²) >= 11 is 0. The number of anilines is 1. The average Bonchev–Trinajstić information content (AvgIpc) is 3.07. The van der Waals surface area contributed by atoms with Crippen molar-refractivity contribution in [3.8, 4) is 16.9 Å². The van der Waals surface area contributed by atoms with Crippen LogP contribution in [0.15, 0.2) is 42.5 Å². The lowest BCUT2D eigenvalue weighted by molar-refractivity contribution is 0.222. The van der Waals surface area contributed by atoms with Crippen molar-refractivity contribution >= 4 is 11.7 Å². The third kappa shape index (κ3) is 3.68. The number of urea groups is 1. The highest BCUT2D eigenvalue weighted by atomic mass is 16.5. The quantitative estimate of drug-likeness (QED) is 0.790. The van der Waals surface area contributed by atoms with E-state index in [4.69, 9.17) is 9.84 Å². The maximum absolute atomic E-state index is 12.0. The molecule has 0 bridgehead atoms. The molecule has 0 spiro atoms. The van der Waals surface area contributed by atoms with Crippen molar-refractivity contribution in [2.45, 2.75) is 25.8 Å². The first-order valence-corrected chi connectivity index (χ1v) is 8.24. The van der Waals surface area contributed by atoms with Crippen molar-refractivity contribution in [1.82, 2.24) is 5.32 Å². The van der Waals surface area contributed by atoms with Gasteiger partial charge in [0.25, 0.3) is 0 Å². The van der Waals surface area contributed by atoms with Crippen molar-refractivity contribution in [3.63, 3.8) is 0 Å². The summed E-state index contributed by atoms with van der Waals surface area (Å²) in [5.41, 5.74) is 4.08. The van der Waals surface area contributed by atoms with Crippen LogP contribution in [0.3, 0.4) is 0 Å². The molecule has 1 unspecified atom stereocenters. The number of aliphatic hydroxyl groups excluding tert-OH is 1. The van der Waals surface area contributed by atoms with Gasteiger partial charge in [0.15, 0.2) is 0 Å². The van der Waals surface area contributed by atoms with Gasteiger partial charge in [-0.1, -0.05) is 25.1 Å². The van der Waals surface area contributed by atoms with Crippen LogP contribution in [0.5, 0.6) is 5.75 Å². The summed E-state index contributed by atoms with van der Waals surface area (Å²) in [6.07, 6.45) is 1.62. The van der Waals surface area contributed by atoms with Gasteiger partial charge in [-0.05, 0) is 47.4 Å². The maximum atomic E-state index is 12.0. The van der Waals surface area contributed by atoms with Crippen LogP contribution >= 0.6 is 0 Å². The number of carbonyl (C=O) groups excluding carboxylic acids is 1. The van der Waals surface area contributed by atoms with Crippen LogP contribution in [0.1, 0.15) is 18.9 Å². The molecule has 1 heterocycles. The van der Waals surface area contributed by atoms with Gasteiger partial charge in [0.05, 0.1) is 19.3 Å². The van der Waals surface area contributed by atoms with E-state index in [0.717, 1.165) is 35.6 Å². The van der Waals surface area contributed by atoms with Gasteiger partial charge in [0, 0.05) is 12.1 Å². The van der Waals surface area contributed by atoms with Gasteiger partial charge in [-0.3, -0.25) is 0 Å². The Morgan fingerprint density at radius 2 is 2.08 bits per heavy atom. The van der Waals surface area contributed by atoms with Crippen LogP contribution in [0.4, 0.5) is 10.5 Å². The Morgan fingerprint density at radius 1 is 1.25 bits per heavy atom. The molecule has 2 aromatic rings. The maximum Gasteiger partial charge on any atom is 0.319 e. The standard InChI is InChI=1S/C19H22N2O3/c1-2-16(12-22)20-19(23)21-17-5-3-4-13(11-17)14-6-7-18-15(10-14)8-9-24-18/h3-7,10-11,16,22H,2,8-9,12H2,1H3,(H2,20,21,23). The number of nitrogens with one attached hydrogen (secondary N) is 2. The molecule has 24 heavy (non-hydrogen) atoms. The van der Waals surface area contributed by atoms with Crippen molar-refractivity contribution in [2.24, 2.45) is 0 Å². The Kier molecular flexibility index (Phi) is 5.01. The summed E-state index contributed by atoms with van der Waals surface area (Å²) in [4.78, 5) is 12.0. The number of aliphatic hydroxyl groups is 1. The second-order valence-electron chi connectivity index (χ2n) is 5.89. The minimum Gasteiger partial charge on any atom is -0.493 e. The first kappa shape index (κ1) is 16.3. The molecule has 0 aliphatic carbocycles. The Labute approximate surface area is 141 Å². The van der Waals surface area contributed by atoms with Gasteiger partial charge >= 0.3 is 6.03 Å². The monoisotopic (exact) mass is 326 g/mol. The molecule has 1 atom stereocenters. The van der Waals surface area contributed by atoms with Crippen LogP contribution in [0.2, 0.25) is 0 Å². The third-order valence-electron chi connectivity index (χ3n) is 4.19. The van der Waals surface area contributed by atoms with E-state index in [2.05, 4.69) is 16.7 Å². The normalized spacial score (nSPS) is 13.8. The summed E-state index contributed by atoms with van der Waals surface area (Å²) in [6, 6.07) is 13.3. The molecule has 2 amide bonds. The topological polar surface area (TPSA) is 70.6 Å². The van der Waals surface area contributed by atoms with Gasteiger partial charge in [-0.25, -0.2) is 4.79 Å². The highest BCUT2D eigenvalue weighted by Crippen LogP contribution is 2.31. The van der Waals surface area contributed by atoms with E-state index in [1.165, 1.54) is 5.56 Å². The number of benzene rings is 2. The molecule has 0 saturated heterocycles. The number of fused-ring (bicyclic) bond motifs is 1. The smallest absolute Gasteiger partial charge is 0.319 e. The number of carbonyl (C=O) groups is 1. The highest BCUT2D eigenvalue weighted by Gasteiger charge is 2.13. The number of ether oxygens (including phenoxy) is 1. The molecule has 3 N–H and O–H groups in total. The molecule has 1 aliphatic heterocycles. The number of amides is 2. The number of hydrogen-bond acceptors (Lipinski definition) is 3. The van der Waals surface area contributed by atoms with Crippen molar-refractivity contribution in [2.75, 3.05) is 18.5 Å². The first-order valence-electron chi connectivity index (χ1n) is 8.24. The third-order valence-corrected chi connectivity index (χ3v) is 4.19.